The van der Waals surface area contributed by atoms with Gasteiger partial charge in [-0.25, -0.2) is 0 Å². The van der Waals surface area contributed by atoms with Crippen LogP contribution >= 0.6 is 0 Å². The van der Waals surface area contributed by atoms with Gasteiger partial charge < -0.3 is 10.2 Å². The molecule has 0 aromatic heterocycles. The monoisotopic (exact) mass is 740 g/mol. The van der Waals surface area contributed by atoms with Crippen LogP contribution in [0.5, 0.6) is 0 Å². The van der Waals surface area contributed by atoms with Gasteiger partial charge in [0.15, 0.2) is 0 Å². The maximum Gasteiger partial charge on any atom is 0.460 e. The highest BCUT2D eigenvalue weighted by Crippen LogP contribution is 2.69. The van der Waals surface area contributed by atoms with E-state index >= 15 is 0 Å². The van der Waals surface area contributed by atoms with Crippen LogP contribution in [-0.2, 0) is 9.59 Å². The molecule has 2 N–H and O–H groups in total. The Labute approximate surface area is 224 Å². The summed E-state index contributed by atoms with van der Waals surface area (Å²) in [6.45, 7) is 0. The van der Waals surface area contributed by atoms with Crippen LogP contribution in [0.2, 0.25) is 0 Å². The second kappa shape index (κ2) is 10.1. The number of rotatable bonds is 12. The zero-order valence-electron chi connectivity index (χ0n) is 19.0. The van der Waals surface area contributed by atoms with Gasteiger partial charge in [-0.05, 0) is 0 Å². The van der Waals surface area contributed by atoms with Gasteiger partial charge in [0.25, 0.3) is 0 Å². The topological polar surface area (TPSA) is 74.6 Å². The first-order valence-electron chi connectivity index (χ1n) is 9.27. The summed E-state index contributed by atoms with van der Waals surface area (Å²) in [5.74, 6) is -106. The van der Waals surface area contributed by atoms with Crippen LogP contribution in [0.3, 0.4) is 0 Å². The summed E-state index contributed by atoms with van der Waals surface area (Å²) in [5.41, 5.74) is -8.99. The van der Waals surface area contributed by atoms with E-state index in [1.54, 1.807) is 0 Å². The Morgan fingerprint density at radius 3 is 0.533 bits per heavy atom. The fraction of sp³-hybridized carbons (Fsp3) is 0.867. The number of carbonyl (C=O) groups is 2. The van der Waals surface area contributed by atoms with Gasteiger partial charge in [0.2, 0.25) is 0 Å². The second-order valence-corrected chi connectivity index (χ2v) is 8.10. The molecule has 30 heteroatoms. The molecule has 0 heterocycles. The summed E-state index contributed by atoms with van der Waals surface area (Å²) >= 11 is 0. The van der Waals surface area contributed by atoms with Gasteiger partial charge in [-0.1, -0.05) is 0 Å². The molecule has 4 nitrogen and oxygen atoms in total. The average Bonchev–Trinajstić information content (AvgIpc) is 2.75. The summed E-state index contributed by atoms with van der Waals surface area (Å²) in [7, 11) is 0. The number of halogens is 26. The van der Waals surface area contributed by atoms with E-state index in [1.165, 1.54) is 0 Å². The van der Waals surface area contributed by atoms with Crippen molar-refractivity contribution in [1.29, 1.82) is 0 Å². The molecular weight excluding hydrogens is 738 g/mol. The first-order valence-corrected chi connectivity index (χ1v) is 9.27. The minimum absolute atomic E-state index is 5.70. The SMILES string of the molecule is O=C(O)C(C(=O)O)(C(F)(F)C(F)(F)C(F)(F)C(F)(F)C(F)(F)C(F)(F)F)C(F)(F)C(F)(F)C(F)(F)C(F)(F)C(F)(F)C(F)(F)F. The number of aliphatic carboxylic acids is 2. The van der Waals surface area contributed by atoms with E-state index in [9.17, 15) is 124 Å². The van der Waals surface area contributed by atoms with Crippen LogP contribution in [0.1, 0.15) is 0 Å². The van der Waals surface area contributed by atoms with Gasteiger partial charge in [0.1, 0.15) is 0 Å². The quantitative estimate of drug-likeness (QED) is 0.160. The highest BCUT2D eigenvalue weighted by atomic mass is 19.4. The predicted octanol–water partition coefficient (Wildman–Crippen LogP) is 7.62. The molecule has 0 rings (SSSR count). The summed E-state index contributed by atoms with van der Waals surface area (Å²) in [4.78, 5) is 22.0. The van der Waals surface area contributed by atoms with E-state index in [2.05, 4.69) is 0 Å². The summed E-state index contributed by atoms with van der Waals surface area (Å²) in [5, 5.41) is 16.8. The lowest BCUT2D eigenvalue weighted by Crippen LogP contribution is -2.81. The van der Waals surface area contributed by atoms with Gasteiger partial charge >= 0.3 is 88.9 Å². The third kappa shape index (κ3) is 4.59. The normalized spacial score (nSPS) is 16.6. The van der Waals surface area contributed by atoms with Crippen molar-refractivity contribution in [3.8, 4) is 0 Å². The largest absolute Gasteiger partial charge is 0.480 e. The Morgan fingerprint density at radius 2 is 0.400 bits per heavy atom. The van der Waals surface area contributed by atoms with Gasteiger partial charge in [-0.2, -0.15) is 114 Å². The minimum Gasteiger partial charge on any atom is -0.480 e. The van der Waals surface area contributed by atoms with Gasteiger partial charge in [0.05, 0.1) is 0 Å². The lowest BCUT2D eigenvalue weighted by atomic mass is 9.67. The Bertz CT molecular complexity index is 1070. The maximum absolute atomic E-state index is 14.4. The number of hydrogen-bond donors (Lipinski definition) is 2. The molecule has 0 amide bonds. The molecule has 0 aromatic rings. The predicted molar refractivity (Wildman–Crippen MR) is 79.3 cm³/mol. The van der Waals surface area contributed by atoms with E-state index in [0.29, 0.717) is 0 Å². The molecule has 45 heavy (non-hydrogen) atoms. The van der Waals surface area contributed by atoms with E-state index < -0.39 is 88.9 Å². The summed E-state index contributed by atoms with van der Waals surface area (Å²) in [6.07, 6.45) is -16.6. The first kappa shape index (κ1) is 42.1. The third-order valence-electron chi connectivity index (χ3n) is 5.45. The molecule has 0 bridgehead atoms. The van der Waals surface area contributed by atoms with Crippen molar-refractivity contribution >= 4 is 11.9 Å². The smallest absolute Gasteiger partial charge is 0.460 e. The van der Waals surface area contributed by atoms with Gasteiger partial charge in [-0.3, -0.25) is 9.59 Å². The zero-order chi connectivity index (χ0) is 37.7. The van der Waals surface area contributed by atoms with Crippen molar-refractivity contribution < 1.29 is 134 Å². The Kier molecular flexibility index (Phi) is 9.41. The molecule has 268 valence electrons. The maximum atomic E-state index is 14.4. The fourth-order valence-corrected chi connectivity index (χ4v) is 2.84. The van der Waals surface area contributed by atoms with Crippen molar-refractivity contribution in [2.75, 3.05) is 0 Å². The number of hydrogen-bond acceptors (Lipinski definition) is 2. The Morgan fingerprint density at radius 1 is 0.267 bits per heavy atom. The molecule has 0 aliphatic carbocycles. The molecular formula is C15H2F26O4. The van der Waals surface area contributed by atoms with Crippen molar-refractivity contribution in [2.45, 2.75) is 71.6 Å². The van der Waals surface area contributed by atoms with E-state index in [4.69, 9.17) is 10.2 Å². The summed E-state index contributed by atoms with van der Waals surface area (Å²) < 4.78 is 346. The van der Waals surface area contributed by atoms with Crippen LogP contribution in [0.25, 0.3) is 0 Å². The minimum atomic E-state index is -9.73. The van der Waals surface area contributed by atoms with Crippen molar-refractivity contribution in [1.82, 2.24) is 0 Å². The lowest BCUT2D eigenvalue weighted by Gasteiger charge is -2.48. The lowest BCUT2D eigenvalue weighted by molar-refractivity contribution is -0.467. The molecule has 0 aliphatic heterocycles. The van der Waals surface area contributed by atoms with Crippen LogP contribution in [-0.4, -0.2) is 93.7 Å². The van der Waals surface area contributed by atoms with Gasteiger partial charge in [0, 0.05) is 0 Å². The molecule has 0 unspecified atom stereocenters. The second-order valence-electron chi connectivity index (χ2n) is 8.10. The fourth-order valence-electron chi connectivity index (χ4n) is 2.84. The molecule has 0 atom stereocenters. The first-order chi connectivity index (χ1) is 18.9. The standard InChI is InChI=1S/C15H2F26O4/c16-4(17,6(20,21)8(24,25)10(28,29)12(32,33)14(36,37)38)3(1(42)43,2(44)45)5(18,19)7(22,23)9(26,27)11(30,31)13(34,35)15(39,40)41/h(H,42,43)(H,44,45). The Balaban J connectivity index is 8.25. The van der Waals surface area contributed by atoms with Crippen LogP contribution in [0.15, 0.2) is 0 Å². The van der Waals surface area contributed by atoms with Crippen molar-refractivity contribution in [3.05, 3.63) is 0 Å². The van der Waals surface area contributed by atoms with Crippen LogP contribution in [0.4, 0.5) is 114 Å². The molecule has 0 saturated heterocycles. The zero-order valence-corrected chi connectivity index (χ0v) is 19.0. The van der Waals surface area contributed by atoms with E-state index in [1.807, 2.05) is 0 Å². The molecule has 0 radical (unpaired) electrons. The average molecular weight is 740 g/mol. The van der Waals surface area contributed by atoms with Crippen molar-refractivity contribution in [2.24, 2.45) is 5.41 Å². The Hall–Kier alpha value is -2.88. The third-order valence-corrected chi connectivity index (χ3v) is 5.45. The molecule has 0 aromatic carbocycles. The van der Waals surface area contributed by atoms with E-state index in [-0.39, 0.29) is 0 Å². The van der Waals surface area contributed by atoms with Crippen LogP contribution < -0.4 is 0 Å². The molecule has 0 spiro atoms. The van der Waals surface area contributed by atoms with Crippen molar-refractivity contribution in [3.63, 3.8) is 0 Å². The number of carboxylic acid groups (broad SMARTS) is 2. The highest BCUT2D eigenvalue weighted by molar-refractivity contribution is 6.01. The molecule has 0 saturated carbocycles. The highest BCUT2D eigenvalue weighted by Gasteiger charge is 3.02. The number of carboxylic acids is 2. The van der Waals surface area contributed by atoms with E-state index in [0.717, 1.165) is 0 Å². The van der Waals surface area contributed by atoms with Gasteiger partial charge in [-0.15, -0.1) is 0 Å². The molecule has 0 fully saturated rings. The molecule has 0 aliphatic rings. The van der Waals surface area contributed by atoms with Crippen LogP contribution in [0, 0.1) is 5.41 Å². The number of alkyl halides is 26. The summed E-state index contributed by atoms with van der Waals surface area (Å²) in [6, 6.07) is 0.